The third-order valence-electron chi connectivity index (χ3n) is 7.27. The number of carbonyl (C=O) groups is 1. The standard InChI is InChI=1S/C21H30N8O3/c1-15-17(13-32-20(15)31)28-8-4-21(5-9-28)2-6-27(7-3-21)12-18(30)16-10-22-11-19(24-16)29-14-23-25-26-29/h10-11,14,18,25-26,30H,2-9,12-13H2,1H3/t18-/m1/s1. The second-order valence-corrected chi connectivity index (χ2v) is 9.09. The minimum atomic E-state index is -0.694. The summed E-state index contributed by atoms with van der Waals surface area (Å²) in [6.07, 6.45) is 8.64. The van der Waals surface area contributed by atoms with Gasteiger partial charge in [-0.15, -0.1) is 5.53 Å². The molecule has 0 aliphatic carbocycles. The molecule has 0 aromatic carbocycles. The van der Waals surface area contributed by atoms with Gasteiger partial charge in [-0.3, -0.25) is 4.98 Å². The van der Waals surface area contributed by atoms with Gasteiger partial charge in [0.1, 0.15) is 19.0 Å². The van der Waals surface area contributed by atoms with E-state index in [1.54, 1.807) is 23.7 Å². The zero-order valence-electron chi connectivity index (χ0n) is 18.3. The fourth-order valence-electron chi connectivity index (χ4n) is 5.06. The molecule has 4 aliphatic heterocycles. The van der Waals surface area contributed by atoms with Crippen molar-refractivity contribution in [3.8, 4) is 0 Å². The highest BCUT2D eigenvalue weighted by Gasteiger charge is 2.39. The number of aliphatic hydroxyl groups is 1. The number of nitrogens with one attached hydrogen (secondary N) is 2. The molecule has 5 rings (SSSR count). The maximum absolute atomic E-state index is 11.7. The number of hydrazine groups is 2. The van der Waals surface area contributed by atoms with Crippen LogP contribution in [0.4, 0.5) is 5.82 Å². The van der Waals surface area contributed by atoms with Crippen LogP contribution in [0.3, 0.4) is 0 Å². The van der Waals surface area contributed by atoms with Crippen molar-refractivity contribution in [3.05, 3.63) is 29.4 Å². The largest absolute Gasteiger partial charge is 0.456 e. The molecule has 0 amide bonds. The summed E-state index contributed by atoms with van der Waals surface area (Å²) >= 11 is 0. The molecule has 2 saturated heterocycles. The van der Waals surface area contributed by atoms with Crippen LogP contribution >= 0.6 is 0 Å². The molecule has 0 bridgehead atoms. The van der Waals surface area contributed by atoms with Gasteiger partial charge in [0.15, 0.2) is 5.82 Å². The molecule has 11 nitrogen and oxygen atoms in total. The van der Waals surface area contributed by atoms with Crippen LogP contribution < -0.4 is 16.1 Å². The van der Waals surface area contributed by atoms with E-state index in [-0.39, 0.29) is 5.97 Å². The Morgan fingerprint density at radius 1 is 1.19 bits per heavy atom. The number of piperidine rings is 2. The van der Waals surface area contributed by atoms with Gasteiger partial charge < -0.3 is 19.6 Å². The predicted octanol–water partition coefficient (Wildman–Crippen LogP) is 0.291. The number of aromatic nitrogens is 2. The zero-order chi connectivity index (χ0) is 22.1. The van der Waals surface area contributed by atoms with E-state index in [1.807, 2.05) is 6.92 Å². The van der Waals surface area contributed by atoms with Crippen LogP contribution in [0, 0.1) is 5.41 Å². The Morgan fingerprint density at radius 3 is 2.59 bits per heavy atom. The summed E-state index contributed by atoms with van der Waals surface area (Å²) < 4.78 is 5.18. The summed E-state index contributed by atoms with van der Waals surface area (Å²) in [6, 6.07) is 0. The normalized spacial score (nSPS) is 24.2. The predicted molar refractivity (Wildman–Crippen MR) is 117 cm³/mol. The molecule has 1 spiro atoms. The van der Waals surface area contributed by atoms with Crippen molar-refractivity contribution in [2.24, 2.45) is 10.5 Å². The number of ether oxygens (including phenoxy) is 1. The number of hydrogen-bond donors (Lipinski definition) is 3. The molecule has 4 aliphatic rings. The van der Waals surface area contributed by atoms with Gasteiger partial charge in [-0.2, -0.15) is 5.10 Å². The number of β-amino-alcohol motifs (C(OH)–C–C–N with tert-alkyl or cyclic N) is 1. The molecular formula is C21H30N8O3. The average molecular weight is 443 g/mol. The molecule has 2 fully saturated rings. The van der Waals surface area contributed by atoms with Gasteiger partial charge in [-0.05, 0) is 51.1 Å². The molecule has 0 unspecified atom stereocenters. The lowest BCUT2D eigenvalue weighted by Gasteiger charge is -2.47. The second-order valence-electron chi connectivity index (χ2n) is 9.09. The van der Waals surface area contributed by atoms with Crippen LogP contribution in [-0.4, -0.2) is 76.5 Å². The summed E-state index contributed by atoms with van der Waals surface area (Å²) in [5, 5.41) is 16.2. The van der Waals surface area contributed by atoms with Gasteiger partial charge in [0.2, 0.25) is 0 Å². The molecule has 32 heavy (non-hydrogen) atoms. The SMILES string of the molecule is CC1=C(N2CCC3(CCN(C[C@@H](O)c4cncc(N5C=NNN5)n4)CC3)CC2)COC1=O. The fourth-order valence-corrected chi connectivity index (χ4v) is 5.06. The van der Waals surface area contributed by atoms with Gasteiger partial charge in [-0.1, -0.05) is 0 Å². The lowest BCUT2D eigenvalue weighted by atomic mass is 9.71. The molecule has 172 valence electrons. The minimum absolute atomic E-state index is 0.177. The monoisotopic (exact) mass is 442 g/mol. The number of hydrogen-bond acceptors (Lipinski definition) is 11. The maximum atomic E-state index is 11.7. The number of esters is 1. The van der Waals surface area contributed by atoms with E-state index in [9.17, 15) is 9.90 Å². The highest BCUT2D eigenvalue weighted by molar-refractivity contribution is 5.90. The minimum Gasteiger partial charge on any atom is -0.456 e. The number of cyclic esters (lactones) is 1. The first-order valence-electron chi connectivity index (χ1n) is 11.2. The summed E-state index contributed by atoms with van der Waals surface area (Å²) in [4.78, 5) is 25.1. The fraction of sp³-hybridized carbons (Fsp3) is 0.619. The van der Waals surface area contributed by atoms with E-state index in [2.05, 4.69) is 35.9 Å². The van der Waals surface area contributed by atoms with Crippen molar-refractivity contribution in [2.45, 2.75) is 38.7 Å². The summed E-state index contributed by atoms with van der Waals surface area (Å²) in [7, 11) is 0. The van der Waals surface area contributed by atoms with Gasteiger partial charge in [0.25, 0.3) is 0 Å². The van der Waals surface area contributed by atoms with Gasteiger partial charge in [0.05, 0.1) is 29.4 Å². The van der Waals surface area contributed by atoms with Crippen molar-refractivity contribution in [1.82, 2.24) is 30.8 Å². The number of hydrazone groups is 1. The summed E-state index contributed by atoms with van der Waals surface area (Å²) in [5.74, 6) is 0.392. The number of likely N-dealkylation sites (tertiary alicyclic amines) is 2. The molecule has 11 heteroatoms. The van der Waals surface area contributed by atoms with Crippen LogP contribution in [0.2, 0.25) is 0 Å². The topological polar surface area (TPSA) is 118 Å². The van der Waals surface area contributed by atoms with Crippen molar-refractivity contribution in [2.75, 3.05) is 44.3 Å². The number of nitrogens with zero attached hydrogens (tertiary/aromatic N) is 6. The van der Waals surface area contributed by atoms with Crippen LogP contribution in [0.15, 0.2) is 28.8 Å². The molecule has 0 radical (unpaired) electrons. The molecule has 0 saturated carbocycles. The molecule has 1 aromatic rings. The van der Waals surface area contributed by atoms with Crippen LogP contribution in [-0.2, 0) is 9.53 Å². The maximum Gasteiger partial charge on any atom is 0.335 e. The van der Waals surface area contributed by atoms with Crippen molar-refractivity contribution >= 4 is 18.1 Å². The Kier molecular flexibility index (Phi) is 5.70. The Balaban J connectivity index is 1.13. The Hall–Kier alpha value is -2.76. The molecule has 3 N–H and O–H groups in total. The van der Waals surface area contributed by atoms with Crippen LogP contribution in [0.25, 0.3) is 0 Å². The molecule has 1 aromatic heterocycles. The number of rotatable bonds is 5. The van der Waals surface area contributed by atoms with Crippen molar-refractivity contribution in [1.29, 1.82) is 0 Å². The smallest absolute Gasteiger partial charge is 0.335 e. The number of carbonyl (C=O) groups excluding carboxylic acids is 1. The van der Waals surface area contributed by atoms with Gasteiger partial charge in [-0.25, -0.2) is 20.3 Å². The Bertz CT molecular complexity index is 917. The van der Waals surface area contributed by atoms with Gasteiger partial charge >= 0.3 is 5.97 Å². The summed E-state index contributed by atoms with van der Waals surface area (Å²) in [5.41, 5.74) is 8.18. The first kappa shape index (κ1) is 21.1. The lowest BCUT2D eigenvalue weighted by molar-refractivity contribution is -0.136. The quantitative estimate of drug-likeness (QED) is 0.549. The second kappa shape index (κ2) is 8.64. The van der Waals surface area contributed by atoms with E-state index in [1.165, 1.54) is 0 Å². The van der Waals surface area contributed by atoms with Crippen LogP contribution in [0.5, 0.6) is 0 Å². The van der Waals surface area contributed by atoms with E-state index in [0.29, 0.717) is 30.1 Å². The highest BCUT2D eigenvalue weighted by atomic mass is 16.5. The van der Waals surface area contributed by atoms with E-state index >= 15 is 0 Å². The highest BCUT2D eigenvalue weighted by Crippen LogP contribution is 2.42. The van der Waals surface area contributed by atoms with E-state index < -0.39 is 6.10 Å². The van der Waals surface area contributed by atoms with E-state index in [4.69, 9.17) is 4.74 Å². The zero-order valence-corrected chi connectivity index (χ0v) is 18.3. The average Bonchev–Trinajstić information content (AvgIpc) is 3.47. The summed E-state index contributed by atoms with van der Waals surface area (Å²) in [6.45, 7) is 6.74. The Morgan fingerprint density at radius 2 is 1.94 bits per heavy atom. The molecule has 1 atom stereocenters. The lowest BCUT2D eigenvalue weighted by Crippen LogP contribution is -2.47. The third kappa shape index (κ3) is 4.15. The Labute approximate surface area is 187 Å². The van der Waals surface area contributed by atoms with Crippen LogP contribution in [0.1, 0.15) is 44.4 Å². The van der Waals surface area contributed by atoms with Gasteiger partial charge in [0, 0.05) is 19.6 Å². The third-order valence-corrected chi connectivity index (χ3v) is 7.27. The van der Waals surface area contributed by atoms with E-state index in [0.717, 1.165) is 63.1 Å². The molecular weight excluding hydrogens is 412 g/mol. The first-order valence-corrected chi connectivity index (χ1v) is 11.2. The van der Waals surface area contributed by atoms with Crippen molar-refractivity contribution < 1.29 is 14.6 Å². The van der Waals surface area contributed by atoms with Crippen molar-refractivity contribution in [3.63, 3.8) is 0 Å². The first-order chi connectivity index (χ1) is 15.5. The molecule has 5 heterocycles. The number of anilines is 1. The number of aliphatic hydroxyl groups excluding tert-OH is 1.